The molecule has 0 unspecified atom stereocenters. The predicted molar refractivity (Wildman–Crippen MR) is 90.2 cm³/mol. The number of aryl methyl sites for hydroxylation is 1. The number of hydrogen-bond donors (Lipinski definition) is 0. The summed E-state index contributed by atoms with van der Waals surface area (Å²) in [5.74, 6) is -0.583. The third kappa shape index (κ3) is 3.45. The fourth-order valence-electron chi connectivity index (χ4n) is 2.76. The minimum absolute atomic E-state index is 0.0546. The quantitative estimate of drug-likeness (QED) is 0.864. The van der Waals surface area contributed by atoms with Gasteiger partial charge >= 0.3 is 0 Å². The van der Waals surface area contributed by atoms with E-state index < -0.39 is 0 Å². The summed E-state index contributed by atoms with van der Waals surface area (Å²) in [5, 5.41) is 0. The van der Waals surface area contributed by atoms with Crippen LogP contribution in [0.3, 0.4) is 0 Å². The average molecular weight is 326 g/mol. The van der Waals surface area contributed by atoms with E-state index in [4.69, 9.17) is 0 Å². The lowest BCUT2D eigenvalue weighted by Crippen LogP contribution is -2.42. The fraction of sp³-hybridized carbons (Fsp3) is 0.263. The molecule has 0 N–H and O–H groups in total. The van der Waals surface area contributed by atoms with Crippen molar-refractivity contribution < 1.29 is 14.0 Å². The van der Waals surface area contributed by atoms with Crippen LogP contribution in [0.15, 0.2) is 48.5 Å². The van der Waals surface area contributed by atoms with Crippen LogP contribution in [0.4, 0.5) is 10.1 Å². The van der Waals surface area contributed by atoms with Crippen molar-refractivity contribution in [3.8, 4) is 0 Å². The number of benzene rings is 2. The third-order valence-electron chi connectivity index (χ3n) is 4.17. The number of rotatable bonds is 4. The van der Waals surface area contributed by atoms with Crippen LogP contribution in [0.1, 0.15) is 28.8 Å². The van der Waals surface area contributed by atoms with Crippen LogP contribution in [-0.2, 0) is 4.79 Å². The van der Waals surface area contributed by atoms with Gasteiger partial charge < -0.3 is 4.90 Å². The van der Waals surface area contributed by atoms with Crippen LogP contribution in [0.25, 0.3) is 0 Å². The number of carbonyl (C=O) groups is 2. The Kier molecular flexibility index (Phi) is 4.60. The van der Waals surface area contributed by atoms with Crippen molar-refractivity contribution >= 4 is 17.5 Å². The summed E-state index contributed by atoms with van der Waals surface area (Å²) in [4.78, 5) is 28.1. The molecule has 5 heteroatoms. The molecule has 0 atom stereocenters. The molecule has 4 nitrogen and oxygen atoms in total. The van der Waals surface area contributed by atoms with Gasteiger partial charge in [0, 0.05) is 24.2 Å². The van der Waals surface area contributed by atoms with E-state index in [1.54, 1.807) is 9.80 Å². The van der Waals surface area contributed by atoms with Crippen LogP contribution in [0.5, 0.6) is 0 Å². The zero-order valence-electron chi connectivity index (χ0n) is 13.5. The maximum Gasteiger partial charge on any atom is 0.259 e. The number of amides is 2. The summed E-state index contributed by atoms with van der Waals surface area (Å²) in [6.45, 7) is 2.83. The summed E-state index contributed by atoms with van der Waals surface area (Å²) in [7, 11) is 0. The molecule has 124 valence electrons. The van der Waals surface area contributed by atoms with E-state index in [1.807, 2.05) is 31.2 Å². The Labute approximate surface area is 140 Å². The molecule has 1 aliphatic rings. The highest BCUT2D eigenvalue weighted by atomic mass is 19.1. The lowest BCUT2D eigenvalue weighted by Gasteiger charge is -2.28. The van der Waals surface area contributed by atoms with E-state index in [0.29, 0.717) is 18.5 Å². The highest BCUT2D eigenvalue weighted by Crippen LogP contribution is 2.21. The predicted octanol–water partition coefficient (Wildman–Crippen LogP) is 3.36. The summed E-state index contributed by atoms with van der Waals surface area (Å²) < 4.78 is 13.1. The molecule has 0 aromatic heterocycles. The summed E-state index contributed by atoms with van der Waals surface area (Å²) in [6.07, 6.45) is 1.33. The van der Waals surface area contributed by atoms with Crippen molar-refractivity contribution in [2.24, 2.45) is 0 Å². The van der Waals surface area contributed by atoms with Gasteiger partial charge in [-0.1, -0.05) is 17.7 Å². The lowest BCUT2D eigenvalue weighted by molar-refractivity contribution is -0.127. The first-order chi connectivity index (χ1) is 11.5. The minimum atomic E-state index is -0.386. The molecular formula is C19H19FN2O2. The molecule has 2 aromatic rings. The van der Waals surface area contributed by atoms with E-state index in [0.717, 1.165) is 17.7 Å². The molecule has 0 aliphatic carbocycles. The van der Waals surface area contributed by atoms with Crippen LogP contribution < -0.4 is 4.90 Å². The molecule has 0 radical (unpaired) electrons. The lowest BCUT2D eigenvalue weighted by atomic mass is 10.1. The summed E-state index contributed by atoms with van der Waals surface area (Å²) >= 11 is 0. The van der Waals surface area contributed by atoms with Crippen molar-refractivity contribution in [1.82, 2.24) is 4.90 Å². The number of likely N-dealkylation sites (tertiary alicyclic amines) is 1. The topological polar surface area (TPSA) is 40.6 Å². The van der Waals surface area contributed by atoms with E-state index >= 15 is 0 Å². The Bertz CT molecular complexity index is 741. The van der Waals surface area contributed by atoms with E-state index in [-0.39, 0.29) is 24.3 Å². The van der Waals surface area contributed by atoms with Gasteiger partial charge in [0.15, 0.2) is 0 Å². The largest absolute Gasteiger partial charge is 0.324 e. The summed E-state index contributed by atoms with van der Waals surface area (Å²) in [5.41, 5.74) is 2.20. The van der Waals surface area contributed by atoms with Crippen molar-refractivity contribution in [3.63, 3.8) is 0 Å². The smallest absolute Gasteiger partial charge is 0.259 e. The number of nitrogens with zero attached hydrogens (tertiary/aromatic N) is 2. The van der Waals surface area contributed by atoms with Crippen LogP contribution in [-0.4, -0.2) is 29.9 Å². The third-order valence-corrected chi connectivity index (χ3v) is 4.17. The Morgan fingerprint density at radius 2 is 1.79 bits per heavy atom. The monoisotopic (exact) mass is 326 g/mol. The first-order valence-electron chi connectivity index (χ1n) is 7.96. The minimum Gasteiger partial charge on any atom is -0.324 e. The van der Waals surface area contributed by atoms with E-state index in [1.165, 1.54) is 24.3 Å². The molecule has 24 heavy (non-hydrogen) atoms. The van der Waals surface area contributed by atoms with Gasteiger partial charge in [-0.15, -0.1) is 0 Å². The van der Waals surface area contributed by atoms with Gasteiger partial charge in [0.2, 0.25) is 5.91 Å². The number of hydrogen-bond acceptors (Lipinski definition) is 2. The van der Waals surface area contributed by atoms with Crippen LogP contribution >= 0.6 is 0 Å². The number of anilines is 1. The molecule has 2 amide bonds. The Morgan fingerprint density at radius 1 is 1.12 bits per heavy atom. The maximum atomic E-state index is 13.1. The first-order valence-corrected chi connectivity index (χ1v) is 7.96. The van der Waals surface area contributed by atoms with Gasteiger partial charge in [-0.25, -0.2) is 4.39 Å². The highest BCUT2D eigenvalue weighted by Gasteiger charge is 2.26. The van der Waals surface area contributed by atoms with Gasteiger partial charge in [-0.2, -0.15) is 0 Å². The number of carbonyl (C=O) groups excluding carboxylic acids is 2. The zero-order valence-corrected chi connectivity index (χ0v) is 13.5. The second-order valence-electron chi connectivity index (χ2n) is 5.98. The van der Waals surface area contributed by atoms with E-state index in [2.05, 4.69) is 0 Å². The standard InChI is InChI=1S/C19H19FN2O2/c1-14-4-10-17(11-5-14)22(13-21-12-2-3-18(21)23)19(24)15-6-8-16(20)9-7-15/h4-11H,2-3,12-13H2,1H3. The maximum absolute atomic E-state index is 13.1. The van der Waals surface area contributed by atoms with Crippen molar-refractivity contribution in [3.05, 3.63) is 65.5 Å². The molecule has 0 bridgehead atoms. The SMILES string of the molecule is Cc1ccc(N(CN2CCCC2=O)C(=O)c2ccc(F)cc2)cc1. The van der Waals surface area contributed by atoms with Crippen molar-refractivity contribution in [2.75, 3.05) is 18.1 Å². The van der Waals surface area contributed by atoms with Crippen molar-refractivity contribution in [2.45, 2.75) is 19.8 Å². The Hall–Kier alpha value is -2.69. The normalized spacial score (nSPS) is 14.1. The fourth-order valence-corrected chi connectivity index (χ4v) is 2.76. The van der Waals surface area contributed by atoms with Crippen molar-refractivity contribution in [1.29, 1.82) is 0 Å². The molecule has 1 heterocycles. The second kappa shape index (κ2) is 6.83. The Balaban J connectivity index is 1.91. The Morgan fingerprint density at radius 3 is 2.38 bits per heavy atom. The molecule has 1 fully saturated rings. The molecule has 0 saturated carbocycles. The first kappa shape index (κ1) is 16.2. The molecule has 1 aliphatic heterocycles. The van der Waals surface area contributed by atoms with E-state index in [9.17, 15) is 14.0 Å². The molecule has 2 aromatic carbocycles. The van der Waals surface area contributed by atoms with Gasteiger partial charge in [0.25, 0.3) is 5.91 Å². The van der Waals surface area contributed by atoms with Gasteiger partial charge in [0.1, 0.15) is 12.5 Å². The summed E-state index contributed by atoms with van der Waals surface area (Å²) in [6, 6.07) is 13.0. The number of halogens is 1. The van der Waals surface area contributed by atoms with Gasteiger partial charge in [0.05, 0.1) is 0 Å². The zero-order chi connectivity index (χ0) is 17.1. The molecule has 1 saturated heterocycles. The van der Waals surface area contributed by atoms with Gasteiger partial charge in [-0.3, -0.25) is 14.5 Å². The molecule has 3 rings (SSSR count). The van der Waals surface area contributed by atoms with Crippen LogP contribution in [0.2, 0.25) is 0 Å². The second-order valence-corrected chi connectivity index (χ2v) is 5.98. The average Bonchev–Trinajstić information content (AvgIpc) is 2.99. The van der Waals surface area contributed by atoms with Crippen LogP contribution in [0, 0.1) is 12.7 Å². The van der Waals surface area contributed by atoms with Gasteiger partial charge in [-0.05, 0) is 49.7 Å². The molecular weight excluding hydrogens is 307 g/mol. The highest BCUT2D eigenvalue weighted by molar-refractivity contribution is 6.06. The molecule has 0 spiro atoms.